The minimum absolute atomic E-state index is 0. The molecule has 4 aliphatic heterocycles. The number of alkyl halides is 12. The Bertz CT molecular complexity index is 2440. The maximum Gasteiger partial charge on any atom is 0.446 e. The zero-order chi connectivity index (χ0) is 57.2. The van der Waals surface area contributed by atoms with Crippen molar-refractivity contribution in [2.45, 2.75) is 104 Å². The van der Waals surface area contributed by atoms with Crippen LogP contribution < -0.4 is 30.7 Å². The summed E-state index contributed by atoms with van der Waals surface area (Å²) in [6, 6.07) is 23.4. The number of benzene rings is 4. The van der Waals surface area contributed by atoms with Gasteiger partial charge in [0.25, 0.3) is 0 Å². The quantitative estimate of drug-likeness (QED) is 0.0790. The van der Waals surface area contributed by atoms with Crippen LogP contribution in [0.15, 0.2) is 111 Å². The van der Waals surface area contributed by atoms with Crippen LogP contribution in [0.4, 0.5) is 69.7 Å². The summed E-state index contributed by atoms with van der Waals surface area (Å²) in [5.74, 6) is 0.153. The normalized spacial score (nSPS) is 17.3. The Morgan fingerprint density at radius 3 is 1.15 bits per heavy atom. The van der Waals surface area contributed by atoms with Gasteiger partial charge in [0.1, 0.15) is 0 Å². The highest BCUT2D eigenvalue weighted by Crippen LogP contribution is 2.39. The number of halogens is 13. The van der Waals surface area contributed by atoms with Gasteiger partial charge in [-0.3, -0.25) is 19.4 Å². The lowest BCUT2D eigenvalue weighted by Gasteiger charge is -2.36. The van der Waals surface area contributed by atoms with E-state index < -0.39 is 34.5 Å². The van der Waals surface area contributed by atoms with Gasteiger partial charge >= 0.3 is 23.4 Å². The topological polar surface area (TPSA) is 86.4 Å². The van der Waals surface area contributed by atoms with Gasteiger partial charge in [0.05, 0.1) is 11.1 Å². The Kier molecular flexibility index (Phi) is 25.8. The van der Waals surface area contributed by atoms with E-state index >= 15 is 0 Å². The van der Waals surface area contributed by atoms with Gasteiger partial charge in [-0.15, -0.1) is 0 Å². The van der Waals surface area contributed by atoms with Crippen molar-refractivity contribution in [3.8, 4) is 0 Å². The highest BCUT2D eigenvalue weighted by Gasteiger charge is 2.33. The SMILES string of the molecule is C.FC(F)(F)Sc1ccc(Br)cc1.O=C(CCCN1CCN(c2ccc(C(F)(F)F)cc2)CC1)NC1CCN(c2ccc(SC(F)(F)F)cc2)CC1.O=C(CCCN1CCN(c2ccc(C(F)(F)F)cc2)CC1)NC1CCNCC1. The molecule has 4 aromatic carbocycles. The molecule has 3 N–H and O–H groups in total. The molecule has 4 aliphatic rings. The van der Waals surface area contributed by atoms with Crippen LogP contribution in [0.1, 0.15) is 69.9 Å². The van der Waals surface area contributed by atoms with Crippen LogP contribution in [0.5, 0.6) is 0 Å². The van der Waals surface area contributed by atoms with Crippen LogP contribution in [0.2, 0.25) is 0 Å². The number of piperazine rings is 2. The predicted molar refractivity (Wildman–Crippen MR) is 297 cm³/mol. The van der Waals surface area contributed by atoms with E-state index in [4.69, 9.17) is 0 Å². The second-order valence-electron chi connectivity index (χ2n) is 19.4. The number of anilines is 3. The van der Waals surface area contributed by atoms with Gasteiger partial charge in [-0.25, -0.2) is 0 Å². The fraction of sp³-hybridized carbons (Fsp3) is 0.527. The number of thioether (sulfide) groups is 2. The van der Waals surface area contributed by atoms with E-state index in [1.165, 1.54) is 36.4 Å². The van der Waals surface area contributed by atoms with Crippen molar-refractivity contribution < 1.29 is 62.3 Å². The molecule has 0 radical (unpaired) electrons. The van der Waals surface area contributed by atoms with Gasteiger partial charge in [-0.05, 0) is 185 Å². The summed E-state index contributed by atoms with van der Waals surface area (Å²) in [5, 5.41) is 9.51. The fourth-order valence-corrected chi connectivity index (χ4v) is 10.8. The number of nitrogens with one attached hydrogen (secondary N) is 3. The third-order valence-corrected chi connectivity index (χ3v) is 15.7. The van der Waals surface area contributed by atoms with Crippen LogP contribution >= 0.6 is 39.5 Å². The highest BCUT2D eigenvalue weighted by molar-refractivity contribution is 9.10. The van der Waals surface area contributed by atoms with Gasteiger partial charge in [-0.1, -0.05) is 23.4 Å². The zero-order valence-corrected chi connectivity index (χ0v) is 46.5. The van der Waals surface area contributed by atoms with E-state index in [9.17, 15) is 62.3 Å². The molecule has 0 atom stereocenters. The molecule has 10 nitrogen and oxygen atoms in total. The first kappa shape index (κ1) is 66.2. The Balaban J connectivity index is 0.000000249. The number of carbonyl (C=O) groups is 2. The molecule has 0 unspecified atom stereocenters. The minimum atomic E-state index is -4.34. The molecule has 8 rings (SSSR count). The van der Waals surface area contributed by atoms with Gasteiger partial charge in [0.15, 0.2) is 0 Å². The monoisotopic (exact) mass is 1240 g/mol. The number of nitrogens with zero attached hydrogens (tertiary/aromatic N) is 5. The van der Waals surface area contributed by atoms with Crippen molar-refractivity contribution in [2.24, 2.45) is 0 Å². The van der Waals surface area contributed by atoms with E-state index in [0.29, 0.717) is 18.9 Å². The van der Waals surface area contributed by atoms with E-state index in [-0.39, 0.29) is 58.6 Å². The van der Waals surface area contributed by atoms with E-state index in [0.717, 1.165) is 176 Å². The first-order valence-electron chi connectivity index (χ1n) is 26.1. The first-order chi connectivity index (χ1) is 37.3. The standard InChI is InChI=1S/C27H32F6N4OS.C20H29F3N4O.C7H4BrF3S.CH4/c28-26(29,30)20-3-5-22(6-4-20)37-18-16-35(17-19-37)13-1-2-25(38)34-21-11-14-36(15-12-21)23-7-9-24(10-8-23)39-27(31,32)33;21-20(22,23)16-3-5-18(6-4-16)27-14-12-26(13-15-27)11-1-2-19(28)25-17-7-9-24-10-8-17;8-5-1-3-6(4-2-5)12-7(9,10)11;/h3-10,21H,1-2,11-19H2,(H,34,38);3-6,17,24H,1-2,7-15H2,(H,25,28);1-4H;1H4. The molecule has 25 heteroatoms. The van der Waals surface area contributed by atoms with Crippen molar-refractivity contribution in [3.05, 3.63) is 113 Å². The number of piperidine rings is 2. The lowest BCUT2D eigenvalue weighted by Crippen LogP contribution is -2.47. The van der Waals surface area contributed by atoms with Crippen LogP contribution in [0.3, 0.4) is 0 Å². The molecule has 0 aromatic heterocycles. The molecular formula is C55H69BrF12N8O2S2. The molecule has 0 spiro atoms. The average molecular weight is 1250 g/mol. The number of amides is 2. The van der Waals surface area contributed by atoms with Gasteiger partial charge < -0.3 is 30.7 Å². The van der Waals surface area contributed by atoms with Crippen LogP contribution in [0.25, 0.3) is 0 Å². The molecular weight excluding hydrogens is 1180 g/mol. The zero-order valence-electron chi connectivity index (χ0n) is 43.2. The number of carbonyl (C=O) groups excluding carboxylic acids is 2. The van der Waals surface area contributed by atoms with Crippen molar-refractivity contribution in [1.29, 1.82) is 0 Å². The lowest BCUT2D eigenvalue weighted by atomic mass is 10.0. The molecule has 4 fully saturated rings. The average Bonchev–Trinajstić information content (AvgIpc) is 3.40. The number of hydrogen-bond donors (Lipinski definition) is 3. The molecule has 80 heavy (non-hydrogen) atoms. The summed E-state index contributed by atoms with van der Waals surface area (Å²) in [7, 11) is 0. The highest BCUT2D eigenvalue weighted by atomic mass is 79.9. The Hall–Kier alpha value is -4.56. The van der Waals surface area contributed by atoms with Crippen molar-refractivity contribution in [1.82, 2.24) is 25.8 Å². The lowest BCUT2D eigenvalue weighted by molar-refractivity contribution is -0.138. The predicted octanol–water partition coefficient (Wildman–Crippen LogP) is 13.2. The molecule has 0 bridgehead atoms. The van der Waals surface area contributed by atoms with Crippen LogP contribution in [0, 0.1) is 0 Å². The van der Waals surface area contributed by atoms with Crippen LogP contribution in [-0.2, 0) is 21.9 Å². The summed E-state index contributed by atoms with van der Waals surface area (Å²) >= 11 is 2.90. The van der Waals surface area contributed by atoms with Gasteiger partial charge in [0, 0.05) is 122 Å². The smallest absolute Gasteiger partial charge is 0.371 e. The molecule has 0 aliphatic carbocycles. The Morgan fingerprint density at radius 2 is 0.800 bits per heavy atom. The van der Waals surface area contributed by atoms with Crippen molar-refractivity contribution in [3.63, 3.8) is 0 Å². The van der Waals surface area contributed by atoms with Gasteiger partial charge in [0.2, 0.25) is 11.8 Å². The number of hydrogen-bond acceptors (Lipinski definition) is 10. The van der Waals surface area contributed by atoms with E-state index in [2.05, 4.69) is 56.4 Å². The molecule has 4 heterocycles. The summed E-state index contributed by atoms with van der Waals surface area (Å²) in [6.45, 7) is 11.3. The maximum absolute atomic E-state index is 12.8. The first-order valence-corrected chi connectivity index (χ1v) is 28.5. The van der Waals surface area contributed by atoms with Gasteiger partial charge in [-0.2, -0.15) is 52.7 Å². The van der Waals surface area contributed by atoms with Crippen molar-refractivity contribution in [2.75, 3.05) is 106 Å². The third kappa shape index (κ3) is 23.7. The summed E-state index contributed by atoms with van der Waals surface area (Å²) in [5.41, 5.74) is -7.27. The molecule has 444 valence electrons. The summed E-state index contributed by atoms with van der Waals surface area (Å²) in [4.78, 5) is 35.8. The molecule has 2 amide bonds. The molecule has 4 aromatic rings. The maximum atomic E-state index is 12.8. The number of rotatable bonds is 15. The second kappa shape index (κ2) is 31.2. The summed E-state index contributed by atoms with van der Waals surface area (Å²) in [6.07, 6.45) is -2.55. The third-order valence-electron chi connectivity index (χ3n) is 13.7. The van der Waals surface area contributed by atoms with Crippen molar-refractivity contribution >= 4 is 68.3 Å². The van der Waals surface area contributed by atoms with E-state index in [1.54, 1.807) is 36.4 Å². The molecule has 4 saturated heterocycles. The Labute approximate surface area is 477 Å². The summed E-state index contributed by atoms with van der Waals surface area (Å²) < 4.78 is 150. The Morgan fingerprint density at radius 1 is 0.475 bits per heavy atom. The minimum Gasteiger partial charge on any atom is -0.371 e. The fourth-order valence-electron chi connectivity index (χ4n) is 9.45. The second-order valence-corrected chi connectivity index (χ2v) is 22.6. The largest absolute Gasteiger partial charge is 0.446 e. The van der Waals surface area contributed by atoms with E-state index in [1.807, 2.05) is 0 Å². The van der Waals surface area contributed by atoms with Crippen LogP contribution in [-0.4, -0.2) is 136 Å². The molecule has 0 saturated carbocycles.